The molecule has 0 aliphatic carbocycles. The molecule has 0 radical (unpaired) electrons. The van der Waals surface area contributed by atoms with E-state index in [1.807, 2.05) is 0 Å². The number of carboxylic acids is 4. The molecule has 0 aliphatic rings. The van der Waals surface area contributed by atoms with E-state index in [2.05, 4.69) is 121 Å². The Balaban J connectivity index is 0.000000323. The predicted molar refractivity (Wildman–Crippen MR) is 164 cm³/mol. The Morgan fingerprint density at radius 2 is 0.609 bits per heavy atom. The van der Waals surface area contributed by atoms with Crippen LogP contribution in [0.15, 0.2) is 121 Å². The third-order valence-electron chi connectivity index (χ3n) is 6.72. The molecule has 0 heterocycles. The van der Waals surface area contributed by atoms with Gasteiger partial charge in [-0.1, -0.05) is 72.8 Å². The van der Waals surface area contributed by atoms with Crippen molar-refractivity contribution in [2.24, 2.45) is 0 Å². The van der Waals surface area contributed by atoms with Gasteiger partial charge in [-0.2, -0.15) is 0 Å². The zero-order valence-corrected chi connectivity index (χ0v) is 26.7. The number of carboxylic acid groups (broad SMARTS) is 4. The van der Waals surface area contributed by atoms with Crippen LogP contribution < -0.4 is 41.6 Å². The number of hydrogen-bond acceptors (Lipinski definition) is 10. The van der Waals surface area contributed by atoms with Gasteiger partial charge in [0.1, 0.15) is 28.5 Å². The molecule has 0 saturated heterocycles. The van der Waals surface area contributed by atoms with E-state index in [-0.39, 0.29) is 29.9 Å². The van der Waals surface area contributed by atoms with Crippen LogP contribution in [0.2, 0.25) is 0 Å². The van der Waals surface area contributed by atoms with Gasteiger partial charge in [0.15, 0.2) is 0 Å². The summed E-state index contributed by atoms with van der Waals surface area (Å²) >= 11 is 0. The van der Waals surface area contributed by atoms with Gasteiger partial charge in [0.2, 0.25) is 0 Å². The molecule has 0 saturated carbocycles. The normalized spacial score (nSPS) is 10.7. The van der Waals surface area contributed by atoms with Gasteiger partial charge in [-0.15, -0.1) is 0 Å². The molecule has 4 rings (SSSR count). The molecule has 240 valence electrons. The van der Waals surface area contributed by atoms with Gasteiger partial charge in [0, 0.05) is 39.3 Å². The summed E-state index contributed by atoms with van der Waals surface area (Å²) in [6.07, 6.45) is 0. The van der Waals surface area contributed by atoms with Gasteiger partial charge in [-0.05, 0) is 48.5 Å². The van der Waals surface area contributed by atoms with E-state index < -0.39 is 57.3 Å². The fraction of sp³-hybridized carbons (Fsp3) is 0.176. The third kappa shape index (κ3) is 11.2. The number of nitrogens with zero attached hydrogens (tertiary/aromatic N) is 2. The van der Waals surface area contributed by atoms with E-state index in [9.17, 15) is 39.6 Å². The maximum absolute atomic E-state index is 10.4. The molecular formula is C34H32CoN2O8P. The SMILES string of the molecule is O=C([O-])CN(CCN(CC(=O)[O-])CC(=O)[O-])CC(=O)[O-].[Co+3].c1ccc([P+](c2ccccc2)(c2ccccc2)c2ccccc2)cc1. The van der Waals surface area contributed by atoms with Crippen molar-refractivity contribution in [3.05, 3.63) is 121 Å². The fourth-order valence-corrected chi connectivity index (χ4v) is 9.21. The van der Waals surface area contributed by atoms with Crippen molar-refractivity contribution in [3.63, 3.8) is 0 Å². The summed E-state index contributed by atoms with van der Waals surface area (Å²) < 4.78 is 0. The minimum absolute atomic E-state index is 0. The van der Waals surface area contributed by atoms with Crippen LogP contribution in [0.1, 0.15) is 0 Å². The summed E-state index contributed by atoms with van der Waals surface area (Å²) in [7, 11) is -1.91. The quantitative estimate of drug-likeness (QED) is 0.117. The van der Waals surface area contributed by atoms with Crippen molar-refractivity contribution >= 4 is 52.4 Å². The number of rotatable bonds is 15. The van der Waals surface area contributed by atoms with Crippen LogP contribution in [0.4, 0.5) is 0 Å². The first-order chi connectivity index (χ1) is 21.6. The van der Waals surface area contributed by atoms with Crippen molar-refractivity contribution in [3.8, 4) is 0 Å². The van der Waals surface area contributed by atoms with Crippen LogP contribution in [0.5, 0.6) is 0 Å². The van der Waals surface area contributed by atoms with Crippen LogP contribution in [0.3, 0.4) is 0 Å². The Labute approximate surface area is 278 Å². The summed E-state index contributed by atoms with van der Waals surface area (Å²) in [5.41, 5.74) is 0. The minimum Gasteiger partial charge on any atom is -0.549 e. The van der Waals surface area contributed by atoms with Crippen molar-refractivity contribution in [2.45, 2.75) is 0 Å². The van der Waals surface area contributed by atoms with Crippen LogP contribution in [0, 0.1) is 0 Å². The van der Waals surface area contributed by atoms with Crippen molar-refractivity contribution in [1.82, 2.24) is 9.80 Å². The molecule has 0 bridgehead atoms. The summed E-state index contributed by atoms with van der Waals surface area (Å²) in [6, 6.07) is 43.8. The number of carbonyl (C=O) groups excluding carboxylic acids is 4. The molecule has 0 aromatic heterocycles. The van der Waals surface area contributed by atoms with Gasteiger partial charge in [0.05, 0.1) is 23.9 Å². The third-order valence-corrected chi connectivity index (χ3v) is 11.0. The van der Waals surface area contributed by atoms with E-state index in [0.29, 0.717) is 0 Å². The second kappa shape index (κ2) is 19.2. The van der Waals surface area contributed by atoms with Crippen molar-refractivity contribution < 1.29 is 56.4 Å². The molecule has 4 aromatic rings. The van der Waals surface area contributed by atoms with E-state index in [0.717, 1.165) is 9.80 Å². The molecule has 12 heteroatoms. The fourth-order valence-electron chi connectivity index (χ4n) is 4.94. The smallest absolute Gasteiger partial charge is 0.549 e. The summed E-state index contributed by atoms with van der Waals surface area (Å²) in [4.78, 5) is 43.4. The first-order valence-corrected chi connectivity index (χ1v) is 15.8. The Hall–Kier alpha value is -4.38. The Morgan fingerprint density at radius 3 is 0.783 bits per heavy atom. The van der Waals surface area contributed by atoms with Crippen molar-refractivity contribution in [1.29, 1.82) is 0 Å². The number of aliphatic carboxylic acids is 4. The summed E-state index contributed by atoms with van der Waals surface area (Å²) in [5.74, 6) is -6.12. The van der Waals surface area contributed by atoms with E-state index in [4.69, 9.17) is 0 Å². The molecule has 10 nitrogen and oxygen atoms in total. The first kappa shape index (κ1) is 37.8. The summed E-state index contributed by atoms with van der Waals surface area (Å²) in [5, 5.41) is 47.2. The van der Waals surface area contributed by atoms with E-state index in [1.165, 1.54) is 21.2 Å². The topological polar surface area (TPSA) is 167 Å². The molecular weight excluding hydrogens is 654 g/mol. The molecule has 0 amide bonds. The van der Waals surface area contributed by atoms with Crippen LogP contribution in [-0.4, -0.2) is 72.9 Å². The van der Waals surface area contributed by atoms with Crippen LogP contribution in [0.25, 0.3) is 0 Å². The standard InChI is InChI=1S/C24H20P.C10H16N2O8.Co/c1-5-13-21(14-6-1)25(22-15-7-2-8-16-22,23-17-9-3-10-18-23)24-19-11-4-12-20-24;13-7(14)3-11(4-8(15)16)1-2-12(5-9(17)18)6-10(19)20;/h1-20H;1-6H2,(H,13,14)(H,15,16)(H,17,18)(H,19,20);/q+1;;+3/p-4. The Morgan fingerprint density at radius 1 is 0.413 bits per heavy atom. The number of hydrogen-bond donors (Lipinski definition) is 0. The maximum atomic E-state index is 10.4. The molecule has 0 N–H and O–H groups in total. The van der Waals surface area contributed by atoms with Crippen LogP contribution >= 0.6 is 7.26 Å². The number of benzene rings is 4. The van der Waals surface area contributed by atoms with E-state index in [1.54, 1.807) is 0 Å². The average molecular weight is 687 g/mol. The zero-order valence-electron chi connectivity index (χ0n) is 24.7. The van der Waals surface area contributed by atoms with Gasteiger partial charge in [-0.25, -0.2) is 0 Å². The Bertz CT molecular complexity index is 1300. The molecule has 0 atom stereocenters. The Kier molecular flexibility index (Phi) is 15.8. The second-order valence-corrected chi connectivity index (χ2v) is 13.3. The minimum atomic E-state index is -1.91. The number of carbonyl (C=O) groups is 4. The summed E-state index contributed by atoms with van der Waals surface area (Å²) in [6.45, 7) is -3.25. The zero-order chi connectivity index (χ0) is 32.7. The predicted octanol–water partition coefficient (Wildman–Crippen LogP) is -3.11. The monoisotopic (exact) mass is 686 g/mol. The van der Waals surface area contributed by atoms with Gasteiger partial charge < -0.3 is 39.6 Å². The van der Waals surface area contributed by atoms with Crippen molar-refractivity contribution in [2.75, 3.05) is 39.3 Å². The molecule has 0 fully saturated rings. The van der Waals surface area contributed by atoms with Gasteiger partial charge in [-0.3, -0.25) is 9.80 Å². The van der Waals surface area contributed by atoms with Crippen LogP contribution in [-0.2, 0) is 36.0 Å². The maximum Gasteiger partial charge on any atom is 3.00 e. The molecule has 4 aromatic carbocycles. The van der Waals surface area contributed by atoms with E-state index >= 15 is 0 Å². The second-order valence-electron chi connectivity index (χ2n) is 9.92. The first-order valence-electron chi connectivity index (χ1n) is 14.0. The van der Waals surface area contributed by atoms with Gasteiger partial charge in [0.25, 0.3) is 0 Å². The molecule has 0 aliphatic heterocycles. The molecule has 0 spiro atoms. The van der Waals surface area contributed by atoms with Gasteiger partial charge >= 0.3 is 16.8 Å². The molecule has 46 heavy (non-hydrogen) atoms. The molecule has 0 unspecified atom stereocenters. The average Bonchev–Trinajstić information content (AvgIpc) is 3.02. The largest absolute Gasteiger partial charge is 3.00 e.